The molecule has 60 valence electrons. The Morgan fingerprint density at radius 1 is 1.70 bits per heavy atom. The number of aliphatic carboxylic acids is 1. The zero-order valence-corrected chi connectivity index (χ0v) is 6.43. The van der Waals surface area contributed by atoms with E-state index in [1.807, 2.05) is 0 Å². The molecule has 1 unspecified atom stereocenters. The van der Waals surface area contributed by atoms with E-state index >= 15 is 0 Å². The van der Waals surface area contributed by atoms with Gasteiger partial charge in [-0.15, -0.1) is 12.4 Å². The Kier molecular flexibility index (Phi) is 3.68. The third-order valence-electron chi connectivity index (χ3n) is 1.76. The molecule has 0 heterocycles. The van der Waals surface area contributed by atoms with Gasteiger partial charge in [0.15, 0.2) is 0 Å². The highest BCUT2D eigenvalue weighted by Gasteiger charge is 2.34. The molecule has 4 heteroatoms. The topological polar surface area (TPSA) is 63.3 Å². The molecule has 0 spiro atoms. The standard InChI is InChI=1S/C6H11NO2.ClH/c7-3-5(6(8)9)4-1-2-4;/h4-5H,1-3,7H2,(H,8,9);1H. The van der Waals surface area contributed by atoms with Crippen LogP contribution in [0, 0.1) is 11.8 Å². The Labute approximate surface area is 66.0 Å². The fraction of sp³-hybridized carbons (Fsp3) is 0.833. The van der Waals surface area contributed by atoms with Gasteiger partial charge in [0.05, 0.1) is 5.92 Å². The molecule has 1 rings (SSSR count). The van der Waals surface area contributed by atoms with Crippen molar-refractivity contribution in [2.45, 2.75) is 12.8 Å². The van der Waals surface area contributed by atoms with Crippen molar-refractivity contribution in [3.8, 4) is 0 Å². The van der Waals surface area contributed by atoms with Gasteiger partial charge in [0.1, 0.15) is 0 Å². The molecule has 1 aliphatic rings. The van der Waals surface area contributed by atoms with Gasteiger partial charge in [-0.2, -0.15) is 0 Å². The SMILES string of the molecule is Cl.NCC(C(=O)O)C1CC1. The van der Waals surface area contributed by atoms with Gasteiger partial charge >= 0.3 is 5.97 Å². The quantitative estimate of drug-likeness (QED) is 0.640. The van der Waals surface area contributed by atoms with E-state index in [1.54, 1.807) is 0 Å². The minimum atomic E-state index is -0.736. The van der Waals surface area contributed by atoms with Crippen LogP contribution < -0.4 is 5.73 Å². The summed E-state index contributed by atoms with van der Waals surface area (Å²) in [5.41, 5.74) is 5.23. The van der Waals surface area contributed by atoms with E-state index in [2.05, 4.69) is 0 Å². The molecule has 1 fully saturated rings. The van der Waals surface area contributed by atoms with E-state index in [1.165, 1.54) is 0 Å². The highest BCUT2D eigenvalue weighted by molar-refractivity contribution is 5.85. The van der Waals surface area contributed by atoms with Crippen LogP contribution in [0.25, 0.3) is 0 Å². The van der Waals surface area contributed by atoms with Crippen molar-refractivity contribution in [1.29, 1.82) is 0 Å². The monoisotopic (exact) mass is 165 g/mol. The summed E-state index contributed by atoms with van der Waals surface area (Å²) in [6.45, 7) is 0.292. The lowest BCUT2D eigenvalue weighted by molar-refractivity contribution is -0.142. The number of carboxylic acids is 1. The van der Waals surface area contributed by atoms with Gasteiger partial charge in [0.25, 0.3) is 0 Å². The van der Waals surface area contributed by atoms with Crippen molar-refractivity contribution >= 4 is 18.4 Å². The molecule has 0 aromatic carbocycles. The third kappa shape index (κ3) is 2.15. The summed E-state index contributed by atoms with van der Waals surface area (Å²) in [6.07, 6.45) is 2.10. The zero-order chi connectivity index (χ0) is 6.85. The maximum atomic E-state index is 10.3. The van der Waals surface area contributed by atoms with Crippen LogP contribution in [-0.4, -0.2) is 17.6 Å². The molecule has 1 saturated carbocycles. The highest BCUT2D eigenvalue weighted by atomic mass is 35.5. The number of rotatable bonds is 3. The van der Waals surface area contributed by atoms with Crippen LogP contribution in [-0.2, 0) is 4.79 Å². The second-order valence-corrected chi connectivity index (χ2v) is 2.52. The molecule has 0 bridgehead atoms. The number of halogens is 1. The third-order valence-corrected chi connectivity index (χ3v) is 1.76. The summed E-state index contributed by atoms with van der Waals surface area (Å²) in [7, 11) is 0. The highest BCUT2D eigenvalue weighted by Crippen LogP contribution is 2.36. The Hall–Kier alpha value is -0.280. The lowest BCUT2D eigenvalue weighted by Crippen LogP contribution is -2.24. The fourth-order valence-electron chi connectivity index (χ4n) is 0.993. The molecule has 10 heavy (non-hydrogen) atoms. The molecule has 1 aliphatic carbocycles. The number of hydrogen-bond donors (Lipinski definition) is 2. The number of carbonyl (C=O) groups is 1. The van der Waals surface area contributed by atoms with E-state index in [0.717, 1.165) is 12.8 Å². The molecule has 0 aromatic rings. The van der Waals surface area contributed by atoms with Gasteiger partial charge in [0, 0.05) is 6.54 Å². The van der Waals surface area contributed by atoms with Gasteiger partial charge in [-0.05, 0) is 18.8 Å². The Balaban J connectivity index is 0.000000810. The summed E-state index contributed by atoms with van der Waals surface area (Å²) < 4.78 is 0. The summed E-state index contributed by atoms with van der Waals surface area (Å²) in [6, 6.07) is 0. The Morgan fingerprint density at radius 3 is 2.30 bits per heavy atom. The van der Waals surface area contributed by atoms with Crippen LogP contribution in [0.5, 0.6) is 0 Å². The van der Waals surface area contributed by atoms with Crippen molar-refractivity contribution in [3.05, 3.63) is 0 Å². The lowest BCUT2D eigenvalue weighted by atomic mass is 10.1. The minimum absolute atomic E-state index is 0. The van der Waals surface area contributed by atoms with Crippen molar-refractivity contribution < 1.29 is 9.90 Å². The minimum Gasteiger partial charge on any atom is -0.481 e. The molecule has 3 nitrogen and oxygen atoms in total. The first-order valence-corrected chi connectivity index (χ1v) is 3.18. The largest absolute Gasteiger partial charge is 0.481 e. The molecule has 3 N–H and O–H groups in total. The van der Waals surface area contributed by atoms with Crippen molar-refractivity contribution in [2.24, 2.45) is 17.6 Å². The number of carboxylic acid groups (broad SMARTS) is 1. The van der Waals surface area contributed by atoms with Crippen LogP contribution in [0.4, 0.5) is 0 Å². The first-order chi connectivity index (χ1) is 4.25. The van der Waals surface area contributed by atoms with Crippen LogP contribution in [0.2, 0.25) is 0 Å². The summed E-state index contributed by atoms with van der Waals surface area (Å²) >= 11 is 0. The van der Waals surface area contributed by atoms with Crippen molar-refractivity contribution in [3.63, 3.8) is 0 Å². The van der Waals surface area contributed by atoms with E-state index in [-0.39, 0.29) is 18.3 Å². The number of hydrogen-bond acceptors (Lipinski definition) is 2. The van der Waals surface area contributed by atoms with E-state index in [9.17, 15) is 4.79 Å². The van der Waals surface area contributed by atoms with Gasteiger partial charge < -0.3 is 10.8 Å². The van der Waals surface area contributed by atoms with Crippen LogP contribution in [0.3, 0.4) is 0 Å². The lowest BCUT2D eigenvalue weighted by Gasteiger charge is -2.04. The van der Waals surface area contributed by atoms with E-state index in [0.29, 0.717) is 12.5 Å². The van der Waals surface area contributed by atoms with E-state index in [4.69, 9.17) is 10.8 Å². The summed E-state index contributed by atoms with van der Waals surface area (Å²) in [5.74, 6) is -0.627. The van der Waals surface area contributed by atoms with Crippen LogP contribution in [0.1, 0.15) is 12.8 Å². The fourth-order valence-corrected chi connectivity index (χ4v) is 0.993. The molecular weight excluding hydrogens is 154 g/mol. The predicted octanol–water partition coefficient (Wildman–Crippen LogP) is 0.478. The van der Waals surface area contributed by atoms with E-state index < -0.39 is 5.97 Å². The predicted molar refractivity (Wildman–Crippen MR) is 40.2 cm³/mol. The Bertz CT molecular complexity index is 125. The molecule has 1 atom stereocenters. The van der Waals surface area contributed by atoms with Gasteiger partial charge in [-0.1, -0.05) is 0 Å². The molecule has 0 saturated heterocycles. The number of nitrogens with two attached hydrogens (primary N) is 1. The molecular formula is C6H12ClNO2. The second kappa shape index (κ2) is 3.78. The molecule has 0 radical (unpaired) electrons. The normalized spacial score (nSPS) is 19.3. The Morgan fingerprint density at radius 2 is 2.20 bits per heavy atom. The van der Waals surface area contributed by atoms with Gasteiger partial charge in [0.2, 0.25) is 0 Å². The van der Waals surface area contributed by atoms with Gasteiger partial charge in [-0.3, -0.25) is 4.79 Å². The zero-order valence-electron chi connectivity index (χ0n) is 5.62. The summed E-state index contributed by atoms with van der Waals surface area (Å²) in [5, 5.41) is 8.50. The molecule has 0 aliphatic heterocycles. The maximum absolute atomic E-state index is 10.3. The smallest absolute Gasteiger partial charge is 0.308 e. The first kappa shape index (κ1) is 9.72. The average molecular weight is 166 g/mol. The second-order valence-electron chi connectivity index (χ2n) is 2.52. The molecule has 0 amide bonds. The van der Waals surface area contributed by atoms with Crippen molar-refractivity contribution in [2.75, 3.05) is 6.54 Å². The summed E-state index contributed by atoms with van der Waals surface area (Å²) in [4.78, 5) is 10.3. The van der Waals surface area contributed by atoms with Gasteiger partial charge in [-0.25, -0.2) is 0 Å². The van der Waals surface area contributed by atoms with Crippen LogP contribution >= 0.6 is 12.4 Å². The van der Waals surface area contributed by atoms with Crippen LogP contribution in [0.15, 0.2) is 0 Å². The first-order valence-electron chi connectivity index (χ1n) is 3.18. The maximum Gasteiger partial charge on any atom is 0.308 e. The average Bonchev–Trinajstić information content (AvgIpc) is 2.50. The van der Waals surface area contributed by atoms with Crippen molar-refractivity contribution in [1.82, 2.24) is 0 Å². The molecule has 0 aromatic heterocycles.